The first-order valence-electron chi connectivity index (χ1n) is 12.2. The van der Waals surface area contributed by atoms with Gasteiger partial charge in [-0.15, -0.1) is 0 Å². The van der Waals surface area contributed by atoms with Gasteiger partial charge < -0.3 is 24.3 Å². The minimum atomic E-state index is -0.731. The van der Waals surface area contributed by atoms with Crippen molar-refractivity contribution in [2.45, 2.75) is 90.1 Å². The summed E-state index contributed by atoms with van der Waals surface area (Å²) in [5, 5.41) is 2.69. The molecule has 7 nitrogen and oxygen atoms in total. The number of hydrogen-bond acceptors (Lipinski definition) is 6. The standard InChI is InChI=1S/C26H39NO6/c1-18-23(31-17-19-13-14-19)20(15-16-30-21-10-6-5-7-11-21)9-8-12-22(24(28)32-18)27-25(29)33-26(2,3)4/h5-7,10-11,18-20,22-23H,8-9,12-17H2,1-4H3,(H,27,29). The van der Waals surface area contributed by atoms with Gasteiger partial charge in [-0.05, 0) is 83.8 Å². The molecule has 3 rings (SSSR count). The molecule has 2 fully saturated rings. The Hall–Kier alpha value is -2.28. The molecule has 2 aliphatic rings. The molecule has 1 saturated carbocycles. The molecule has 1 aliphatic heterocycles. The molecule has 0 bridgehead atoms. The molecule has 184 valence electrons. The maximum Gasteiger partial charge on any atom is 0.408 e. The van der Waals surface area contributed by atoms with Crippen LogP contribution >= 0.6 is 0 Å². The number of esters is 1. The number of alkyl carbamates (subject to hydrolysis) is 1. The van der Waals surface area contributed by atoms with Crippen LogP contribution in [0.3, 0.4) is 0 Å². The highest BCUT2D eigenvalue weighted by molar-refractivity contribution is 5.81. The third kappa shape index (κ3) is 8.88. The second-order valence-electron chi connectivity index (χ2n) is 10.2. The van der Waals surface area contributed by atoms with Crippen molar-refractivity contribution >= 4 is 12.1 Å². The topological polar surface area (TPSA) is 83.1 Å². The Kier molecular flexibility index (Phi) is 9.01. The molecule has 1 N–H and O–H groups in total. The van der Waals surface area contributed by atoms with E-state index < -0.39 is 29.8 Å². The number of hydrogen-bond donors (Lipinski definition) is 1. The molecule has 1 aromatic carbocycles. The van der Waals surface area contributed by atoms with Crippen molar-refractivity contribution < 1.29 is 28.5 Å². The molecule has 7 heteroatoms. The SMILES string of the molecule is CC1OC(=O)C(NC(=O)OC(C)(C)C)CCCC(CCOc2ccccc2)C1OCC1CC1. The largest absolute Gasteiger partial charge is 0.494 e. The van der Waals surface area contributed by atoms with Gasteiger partial charge in [0.15, 0.2) is 0 Å². The minimum Gasteiger partial charge on any atom is -0.494 e. The lowest BCUT2D eigenvalue weighted by atomic mass is 9.89. The fourth-order valence-electron chi connectivity index (χ4n) is 4.12. The lowest BCUT2D eigenvalue weighted by Gasteiger charge is -2.31. The molecule has 1 heterocycles. The van der Waals surface area contributed by atoms with E-state index in [1.807, 2.05) is 37.3 Å². The summed E-state index contributed by atoms with van der Waals surface area (Å²) in [5.74, 6) is 1.21. The predicted octanol–water partition coefficient (Wildman–Crippen LogP) is 4.88. The third-order valence-electron chi connectivity index (χ3n) is 5.99. The van der Waals surface area contributed by atoms with Gasteiger partial charge in [0.1, 0.15) is 23.5 Å². The average Bonchev–Trinajstić information content (AvgIpc) is 3.55. The first kappa shape index (κ1) is 25.3. The molecule has 33 heavy (non-hydrogen) atoms. The van der Waals surface area contributed by atoms with Crippen LogP contribution in [-0.4, -0.2) is 49.1 Å². The smallest absolute Gasteiger partial charge is 0.408 e. The van der Waals surface area contributed by atoms with Gasteiger partial charge in [0.2, 0.25) is 0 Å². The zero-order chi connectivity index (χ0) is 23.8. The zero-order valence-electron chi connectivity index (χ0n) is 20.4. The normalized spacial score (nSPS) is 26.4. The van der Waals surface area contributed by atoms with E-state index in [9.17, 15) is 9.59 Å². The van der Waals surface area contributed by atoms with Crippen LogP contribution < -0.4 is 10.1 Å². The molecule has 0 aromatic heterocycles. The summed E-state index contributed by atoms with van der Waals surface area (Å²) in [6.07, 6.45) is 4.10. The minimum absolute atomic E-state index is 0.190. The van der Waals surface area contributed by atoms with Crippen LogP contribution in [0.15, 0.2) is 30.3 Å². The quantitative estimate of drug-likeness (QED) is 0.556. The maximum absolute atomic E-state index is 12.9. The molecule has 0 radical (unpaired) electrons. The highest BCUT2D eigenvalue weighted by Gasteiger charge is 2.36. The van der Waals surface area contributed by atoms with Crippen molar-refractivity contribution in [3.8, 4) is 5.75 Å². The van der Waals surface area contributed by atoms with Crippen LogP contribution in [-0.2, 0) is 19.0 Å². The number of benzene rings is 1. The van der Waals surface area contributed by atoms with Crippen LogP contribution in [0.5, 0.6) is 5.75 Å². The highest BCUT2D eigenvalue weighted by atomic mass is 16.6. The third-order valence-corrected chi connectivity index (χ3v) is 5.99. The van der Waals surface area contributed by atoms with Crippen molar-refractivity contribution in [1.29, 1.82) is 0 Å². The van der Waals surface area contributed by atoms with Gasteiger partial charge in [-0.3, -0.25) is 0 Å². The van der Waals surface area contributed by atoms with Crippen molar-refractivity contribution in [3.05, 3.63) is 30.3 Å². The Bertz CT molecular complexity index is 758. The molecule has 1 aliphatic carbocycles. The number of carbonyl (C=O) groups is 2. The second kappa shape index (κ2) is 11.7. The van der Waals surface area contributed by atoms with E-state index in [-0.39, 0.29) is 12.0 Å². The van der Waals surface area contributed by atoms with Crippen LogP contribution in [0.2, 0.25) is 0 Å². The summed E-state index contributed by atoms with van der Waals surface area (Å²) >= 11 is 0. The zero-order valence-corrected chi connectivity index (χ0v) is 20.4. The van der Waals surface area contributed by atoms with E-state index in [1.54, 1.807) is 20.8 Å². The summed E-state index contributed by atoms with van der Waals surface area (Å²) in [5.41, 5.74) is -0.634. The van der Waals surface area contributed by atoms with Crippen molar-refractivity contribution in [1.82, 2.24) is 5.32 Å². The monoisotopic (exact) mass is 461 g/mol. The number of nitrogens with one attached hydrogen (secondary N) is 1. The molecular weight excluding hydrogens is 422 g/mol. The average molecular weight is 462 g/mol. The van der Waals surface area contributed by atoms with Gasteiger partial charge in [0, 0.05) is 6.61 Å². The number of amides is 1. The molecule has 1 aromatic rings. The van der Waals surface area contributed by atoms with Gasteiger partial charge in [-0.1, -0.05) is 24.6 Å². The fourth-order valence-corrected chi connectivity index (χ4v) is 4.12. The van der Waals surface area contributed by atoms with Crippen LogP contribution in [0, 0.1) is 11.8 Å². The number of carbonyl (C=O) groups excluding carboxylic acids is 2. The Morgan fingerprint density at radius 2 is 1.85 bits per heavy atom. The fraction of sp³-hybridized carbons (Fsp3) is 0.692. The van der Waals surface area contributed by atoms with Crippen molar-refractivity contribution in [3.63, 3.8) is 0 Å². The van der Waals surface area contributed by atoms with Crippen LogP contribution in [0.25, 0.3) is 0 Å². The molecule has 1 saturated heterocycles. The number of para-hydroxylation sites is 1. The Balaban J connectivity index is 1.63. The highest BCUT2D eigenvalue weighted by Crippen LogP contribution is 2.32. The lowest BCUT2D eigenvalue weighted by Crippen LogP contribution is -2.46. The Morgan fingerprint density at radius 3 is 2.52 bits per heavy atom. The van der Waals surface area contributed by atoms with Gasteiger partial charge in [-0.2, -0.15) is 0 Å². The first-order valence-corrected chi connectivity index (χ1v) is 12.2. The predicted molar refractivity (Wildman–Crippen MR) is 125 cm³/mol. The summed E-state index contributed by atoms with van der Waals surface area (Å²) in [6, 6.07) is 9.03. The summed E-state index contributed by atoms with van der Waals surface area (Å²) in [6.45, 7) is 8.52. The number of rotatable bonds is 8. The van der Waals surface area contributed by atoms with E-state index in [4.69, 9.17) is 18.9 Å². The second-order valence-corrected chi connectivity index (χ2v) is 10.2. The molecular formula is C26H39NO6. The molecule has 4 unspecified atom stereocenters. The molecule has 0 spiro atoms. The molecule has 1 amide bonds. The lowest BCUT2D eigenvalue weighted by molar-refractivity contribution is -0.161. The van der Waals surface area contributed by atoms with E-state index in [0.29, 0.717) is 25.6 Å². The van der Waals surface area contributed by atoms with Gasteiger partial charge in [0.25, 0.3) is 0 Å². The van der Waals surface area contributed by atoms with Gasteiger partial charge in [-0.25, -0.2) is 9.59 Å². The maximum atomic E-state index is 12.9. The number of cyclic esters (lactones) is 1. The number of ether oxygens (including phenoxy) is 4. The summed E-state index contributed by atoms with van der Waals surface area (Å²) in [7, 11) is 0. The summed E-state index contributed by atoms with van der Waals surface area (Å²) in [4.78, 5) is 25.1. The van der Waals surface area contributed by atoms with Crippen LogP contribution in [0.4, 0.5) is 4.79 Å². The van der Waals surface area contributed by atoms with E-state index in [0.717, 1.165) is 25.0 Å². The van der Waals surface area contributed by atoms with E-state index in [1.165, 1.54) is 12.8 Å². The van der Waals surface area contributed by atoms with Gasteiger partial charge in [0.05, 0.1) is 12.7 Å². The Labute approximate surface area is 197 Å². The van der Waals surface area contributed by atoms with Crippen molar-refractivity contribution in [2.24, 2.45) is 11.8 Å². The van der Waals surface area contributed by atoms with E-state index >= 15 is 0 Å². The Morgan fingerprint density at radius 1 is 1.12 bits per heavy atom. The summed E-state index contributed by atoms with van der Waals surface area (Å²) < 4.78 is 23.4. The first-order chi connectivity index (χ1) is 15.7. The van der Waals surface area contributed by atoms with E-state index in [2.05, 4.69) is 5.32 Å². The van der Waals surface area contributed by atoms with Gasteiger partial charge >= 0.3 is 12.1 Å². The van der Waals surface area contributed by atoms with Crippen molar-refractivity contribution in [2.75, 3.05) is 13.2 Å². The van der Waals surface area contributed by atoms with Crippen LogP contribution in [0.1, 0.15) is 66.2 Å². The molecule has 4 atom stereocenters.